The number of likely N-dealkylation sites (tertiary alicyclic amines) is 1. The van der Waals surface area contributed by atoms with Crippen LogP contribution in [0.3, 0.4) is 0 Å². The number of carbonyl (C=O) groups is 1. The number of nitrogens with one attached hydrogen (secondary N) is 1. The third kappa shape index (κ3) is 5.05. The van der Waals surface area contributed by atoms with Gasteiger partial charge in [-0.15, -0.1) is 0 Å². The van der Waals surface area contributed by atoms with Crippen molar-refractivity contribution in [3.05, 3.63) is 65.5 Å². The average Bonchev–Trinajstić information content (AvgIpc) is 3.13. The van der Waals surface area contributed by atoms with Crippen LogP contribution in [0, 0.1) is 5.82 Å². The molecule has 0 radical (unpaired) electrons. The second kappa shape index (κ2) is 7.86. The van der Waals surface area contributed by atoms with E-state index in [-0.39, 0.29) is 11.7 Å². The Balaban J connectivity index is 1.59. The number of anilines is 1. The van der Waals surface area contributed by atoms with Gasteiger partial charge in [0.2, 0.25) is 15.9 Å². The van der Waals surface area contributed by atoms with Crippen molar-refractivity contribution >= 4 is 21.6 Å². The van der Waals surface area contributed by atoms with Crippen molar-refractivity contribution in [2.45, 2.75) is 25.0 Å². The lowest BCUT2D eigenvalue weighted by Crippen LogP contribution is -2.29. The quantitative estimate of drug-likeness (QED) is 0.843. The number of sulfonamides is 1. The second-order valence-electron chi connectivity index (χ2n) is 6.45. The van der Waals surface area contributed by atoms with Crippen LogP contribution < -0.4 is 4.72 Å². The molecule has 0 atom stereocenters. The number of nitrogens with zero attached hydrogens (tertiary/aromatic N) is 1. The Morgan fingerprint density at radius 3 is 2.15 bits per heavy atom. The molecule has 2 aromatic rings. The maximum absolute atomic E-state index is 12.9. The number of amides is 1. The maximum atomic E-state index is 12.9. The van der Waals surface area contributed by atoms with E-state index in [1.807, 2.05) is 4.90 Å². The Labute approximate surface area is 152 Å². The first kappa shape index (κ1) is 18.4. The lowest BCUT2D eigenvalue weighted by Gasteiger charge is -2.15. The summed E-state index contributed by atoms with van der Waals surface area (Å²) in [5, 5.41) is 0. The largest absolute Gasteiger partial charge is 0.342 e. The highest BCUT2D eigenvalue weighted by Crippen LogP contribution is 2.16. The van der Waals surface area contributed by atoms with Crippen LogP contribution in [-0.4, -0.2) is 32.3 Å². The Bertz CT molecular complexity index is 859. The highest BCUT2D eigenvalue weighted by molar-refractivity contribution is 7.91. The van der Waals surface area contributed by atoms with Gasteiger partial charge in [-0.2, -0.15) is 0 Å². The molecule has 1 N–H and O–H groups in total. The average molecular weight is 376 g/mol. The molecule has 0 aromatic heterocycles. The van der Waals surface area contributed by atoms with E-state index in [9.17, 15) is 17.6 Å². The highest BCUT2D eigenvalue weighted by Gasteiger charge is 2.18. The van der Waals surface area contributed by atoms with Crippen LogP contribution in [-0.2, 0) is 27.0 Å². The minimum absolute atomic E-state index is 0.104. The summed E-state index contributed by atoms with van der Waals surface area (Å²) in [7, 11) is -3.60. The summed E-state index contributed by atoms with van der Waals surface area (Å²) in [6.07, 6.45) is 2.43. The van der Waals surface area contributed by atoms with E-state index in [1.165, 1.54) is 24.3 Å². The van der Waals surface area contributed by atoms with E-state index in [0.717, 1.165) is 31.5 Å². The summed E-state index contributed by atoms with van der Waals surface area (Å²) in [4.78, 5) is 14.0. The van der Waals surface area contributed by atoms with Gasteiger partial charge in [-0.3, -0.25) is 9.52 Å². The van der Waals surface area contributed by atoms with Crippen LogP contribution in [0.2, 0.25) is 0 Å². The van der Waals surface area contributed by atoms with Gasteiger partial charge in [0.25, 0.3) is 0 Å². The molecule has 1 aliphatic heterocycles. The zero-order chi connectivity index (χ0) is 18.6. The van der Waals surface area contributed by atoms with Crippen LogP contribution in [0.25, 0.3) is 0 Å². The second-order valence-corrected chi connectivity index (χ2v) is 8.17. The maximum Gasteiger partial charge on any atom is 0.236 e. The standard InChI is InChI=1S/C19H21FN2O3S/c20-17-7-3-16(4-8-17)14-26(24,25)21-18-9-5-15(6-10-18)13-19(23)22-11-1-2-12-22/h3-10,21H,1-2,11-14H2. The van der Waals surface area contributed by atoms with Gasteiger partial charge in [0.15, 0.2) is 0 Å². The van der Waals surface area contributed by atoms with Crippen LogP contribution >= 0.6 is 0 Å². The molecule has 5 nitrogen and oxygen atoms in total. The van der Waals surface area contributed by atoms with Crippen LogP contribution in [0.4, 0.5) is 10.1 Å². The van der Waals surface area contributed by atoms with Gasteiger partial charge in [-0.25, -0.2) is 12.8 Å². The molecule has 1 amide bonds. The van der Waals surface area contributed by atoms with Gasteiger partial charge in [0, 0.05) is 18.8 Å². The Kier molecular flexibility index (Phi) is 5.56. The van der Waals surface area contributed by atoms with Crippen molar-refractivity contribution in [2.24, 2.45) is 0 Å². The van der Waals surface area contributed by atoms with Crippen LogP contribution in [0.1, 0.15) is 24.0 Å². The van der Waals surface area contributed by atoms with Crippen molar-refractivity contribution < 1.29 is 17.6 Å². The SMILES string of the molecule is O=C(Cc1ccc(NS(=O)(=O)Cc2ccc(F)cc2)cc1)N1CCCC1. The Morgan fingerprint density at radius 1 is 0.962 bits per heavy atom. The molecular formula is C19H21FN2O3S. The number of carbonyl (C=O) groups excluding carboxylic acids is 1. The Morgan fingerprint density at radius 2 is 1.54 bits per heavy atom. The van der Waals surface area contributed by atoms with Gasteiger partial charge in [0.05, 0.1) is 12.2 Å². The summed E-state index contributed by atoms with van der Waals surface area (Å²) in [6, 6.07) is 12.2. The third-order valence-corrected chi connectivity index (χ3v) is 5.57. The number of hydrogen-bond acceptors (Lipinski definition) is 3. The fourth-order valence-corrected chi connectivity index (χ4v) is 4.16. The van der Waals surface area contributed by atoms with Crippen molar-refractivity contribution in [2.75, 3.05) is 17.8 Å². The predicted molar refractivity (Wildman–Crippen MR) is 98.6 cm³/mol. The molecular weight excluding hydrogens is 355 g/mol. The van der Waals surface area contributed by atoms with E-state index in [0.29, 0.717) is 17.7 Å². The smallest absolute Gasteiger partial charge is 0.236 e. The number of hydrogen-bond donors (Lipinski definition) is 1. The molecule has 0 spiro atoms. The van der Waals surface area contributed by atoms with Gasteiger partial charge in [-0.05, 0) is 48.2 Å². The molecule has 0 saturated carbocycles. The highest BCUT2D eigenvalue weighted by atomic mass is 32.2. The minimum atomic E-state index is -3.60. The van der Waals surface area contributed by atoms with Crippen LogP contribution in [0.5, 0.6) is 0 Å². The van der Waals surface area contributed by atoms with Crippen molar-refractivity contribution in [3.8, 4) is 0 Å². The molecule has 7 heteroatoms. The first-order valence-corrected chi connectivity index (χ1v) is 10.2. The Hall–Kier alpha value is -2.41. The molecule has 0 aliphatic carbocycles. The summed E-state index contributed by atoms with van der Waals surface area (Å²) in [5.74, 6) is -0.534. The molecule has 1 heterocycles. The molecule has 2 aromatic carbocycles. The van der Waals surface area contributed by atoms with E-state index in [1.54, 1.807) is 24.3 Å². The zero-order valence-corrected chi connectivity index (χ0v) is 15.1. The third-order valence-electron chi connectivity index (χ3n) is 4.31. The lowest BCUT2D eigenvalue weighted by molar-refractivity contribution is -0.129. The van der Waals surface area contributed by atoms with Gasteiger partial charge in [-0.1, -0.05) is 24.3 Å². The molecule has 138 valence electrons. The van der Waals surface area contributed by atoms with Crippen molar-refractivity contribution in [1.29, 1.82) is 0 Å². The topological polar surface area (TPSA) is 66.5 Å². The minimum Gasteiger partial charge on any atom is -0.342 e. The number of rotatable bonds is 6. The summed E-state index contributed by atoms with van der Waals surface area (Å²) in [6.45, 7) is 1.64. The lowest BCUT2D eigenvalue weighted by atomic mass is 10.1. The zero-order valence-electron chi connectivity index (χ0n) is 14.3. The van der Waals surface area contributed by atoms with Crippen LogP contribution in [0.15, 0.2) is 48.5 Å². The summed E-state index contributed by atoms with van der Waals surface area (Å²) >= 11 is 0. The van der Waals surface area contributed by atoms with E-state index < -0.39 is 15.8 Å². The van der Waals surface area contributed by atoms with Gasteiger partial charge < -0.3 is 4.90 Å². The van der Waals surface area contributed by atoms with Gasteiger partial charge >= 0.3 is 0 Å². The number of halogens is 1. The fraction of sp³-hybridized carbons (Fsp3) is 0.316. The summed E-state index contributed by atoms with van der Waals surface area (Å²) < 4.78 is 39.9. The first-order chi connectivity index (χ1) is 12.4. The van der Waals surface area contributed by atoms with E-state index in [4.69, 9.17) is 0 Å². The molecule has 1 saturated heterocycles. The number of benzene rings is 2. The van der Waals surface area contributed by atoms with Crippen molar-refractivity contribution in [3.63, 3.8) is 0 Å². The molecule has 0 unspecified atom stereocenters. The van der Waals surface area contributed by atoms with Gasteiger partial charge in [0.1, 0.15) is 5.82 Å². The summed E-state index contributed by atoms with van der Waals surface area (Å²) in [5.41, 5.74) is 1.79. The molecule has 0 bridgehead atoms. The molecule has 3 rings (SSSR count). The molecule has 1 aliphatic rings. The van der Waals surface area contributed by atoms with E-state index >= 15 is 0 Å². The van der Waals surface area contributed by atoms with E-state index in [2.05, 4.69) is 4.72 Å². The predicted octanol–water partition coefficient (Wildman–Crippen LogP) is 2.93. The normalized spacial score (nSPS) is 14.4. The van der Waals surface area contributed by atoms with Crippen molar-refractivity contribution in [1.82, 2.24) is 4.90 Å². The fourth-order valence-electron chi connectivity index (χ4n) is 2.96. The molecule has 1 fully saturated rings. The molecule has 26 heavy (non-hydrogen) atoms. The monoisotopic (exact) mass is 376 g/mol. The first-order valence-electron chi connectivity index (χ1n) is 8.53.